The number of benzene rings is 1. The number of hydrogen-bond donors (Lipinski definition) is 1. The Kier molecular flexibility index (Phi) is 5.07. The van der Waals surface area contributed by atoms with E-state index in [9.17, 15) is 8.42 Å². The van der Waals surface area contributed by atoms with Gasteiger partial charge in [-0.25, -0.2) is 0 Å². The molecule has 0 aliphatic rings. The van der Waals surface area contributed by atoms with E-state index in [1.165, 1.54) is 6.07 Å². The standard InChI is InChI=1S/C9H9BrCl2O3S/c10-4-6(5-16(13,14)15)8-2-1-7(11)3-9(8)12/h1-3,6H,4-5H2,(H,13,14,15). The second kappa shape index (κ2) is 5.69. The quantitative estimate of drug-likeness (QED) is 0.671. The third-order valence-corrected chi connectivity index (χ3v) is 4.17. The van der Waals surface area contributed by atoms with Crippen LogP contribution < -0.4 is 0 Å². The molecule has 1 rings (SSSR count). The van der Waals surface area contributed by atoms with Crippen LogP contribution in [-0.4, -0.2) is 24.1 Å². The zero-order valence-electron chi connectivity index (χ0n) is 8.03. The minimum atomic E-state index is -4.03. The van der Waals surface area contributed by atoms with Gasteiger partial charge in [0.1, 0.15) is 0 Å². The Balaban J connectivity index is 3.04. The zero-order valence-corrected chi connectivity index (χ0v) is 11.9. The lowest BCUT2D eigenvalue weighted by Crippen LogP contribution is -2.15. The van der Waals surface area contributed by atoms with Crippen molar-refractivity contribution in [1.82, 2.24) is 0 Å². The van der Waals surface area contributed by atoms with Crippen LogP contribution in [0.4, 0.5) is 0 Å². The maximum absolute atomic E-state index is 10.8. The largest absolute Gasteiger partial charge is 0.286 e. The van der Waals surface area contributed by atoms with Gasteiger partial charge in [0.15, 0.2) is 0 Å². The summed E-state index contributed by atoms with van der Waals surface area (Å²) in [6.07, 6.45) is 0. The van der Waals surface area contributed by atoms with Crippen molar-refractivity contribution in [2.24, 2.45) is 0 Å². The zero-order chi connectivity index (χ0) is 12.3. The Bertz CT molecular complexity index is 476. The molecule has 0 saturated heterocycles. The average Bonchev–Trinajstić information content (AvgIpc) is 2.13. The number of hydrogen-bond acceptors (Lipinski definition) is 2. The van der Waals surface area contributed by atoms with Crippen LogP contribution in [-0.2, 0) is 10.1 Å². The first-order valence-corrected chi connectivity index (χ1v) is 7.78. The van der Waals surface area contributed by atoms with Crippen LogP contribution in [0.5, 0.6) is 0 Å². The van der Waals surface area contributed by atoms with Crippen molar-refractivity contribution >= 4 is 49.2 Å². The molecule has 90 valence electrons. The Morgan fingerprint density at radius 1 is 1.38 bits per heavy atom. The van der Waals surface area contributed by atoms with Crippen LogP contribution in [0.25, 0.3) is 0 Å². The highest BCUT2D eigenvalue weighted by atomic mass is 79.9. The van der Waals surface area contributed by atoms with Gasteiger partial charge in [-0.1, -0.05) is 45.2 Å². The van der Waals surface area contributed by atoms with E-state index in [0.29, 0.717) is 20.9 Å². The van der Waals surface area contributed by atoms with E-state index >= 15 is 0 Å². The summed E-state index contributed by atoms with van der Waals surface area (Å²) in [5.41, 5.74) is 0.639. The molecule has 1 N–H and O–H groups in total. The first-order valence-electron chi connectivity index (χ1n) is 4.29. The minimum absolute atomic E-state index is 0.375. The Morgan fingerprint density at radius 2 is 2.00 bits per heavy atom. The Hall–Kier alpha value is 0.190. The maximum Gasteiger partial charge on any atom is 0.265 e. The van der Waals surface area contributed by atoms with Crippen molar-refractivity contribution < 1.29 is 13.0 Å². The molecule has 0 fully saturated rings. The lowest BCUT2D eigenvalue weighted by atomic mass is 10.0. The van der Waals surface area contributed by atoms with Crippen LogP contribution in [0.15, 0.2) is 18.2 Å². The second-order valence-electron chi connectivity index (χ2n) is 3.27. The SMILES string of the molecule is O=S(=O)(O)CC(CBr)c1ccc(Cl)cc1Cl. The van der Waals surface area contributed by atoms with Gasteiger partial charge >= 0.3 is 0 Å². The number of rotatable bonds is 4. The maximum atomic E-state index is 10.8. The van der Waals surface area contributed by atoms with Crippen molar-refractivity contribution in [3.63, 3.8) is 0 Å². The van der Waals surface area contributed by atoms with Gasteiger partial charge in [0, 0.05) is 21.3 Å². The normalized spacial score (nSPS) is 13.8. The Labute approximate surface area is 113 Å². The molecule has 3 nitrogen and oxygen atoms in total. The third-order valence-electron chi connectivity index (χ3n) is 2.00. The van der Waals surface area contributed by atoms with Gasteiger partial charge in [-0.2, -0.15) is 8.42 Å². The van der Waals surface area contributed by atoms with Crippen LogP contribution in [0.2, 0.25) is 10.0 Å². The molecule has 0 aromatic heterocycles. The van der Waals surface area contributed by atoms with Gasteiger partial charge in [0.25, 0.3) is 10.1 Å². The van der Waals surface area contributed by atoms with Crippen molar-refractivity contribution in [2.45, 2.75) is 5.92 Å². The first-order chi connectivity index (χ1) is 7.33. The van der Waals surface area contributed by atoms with E-state index in [2.05, 4.69) is 15.9 Å². The molecule has 0 aliphatic heterocycles. The smallest absolute Gasteiger partial charge is 0.265 e. The summed E-state index contributed by atoms with van der Waals surface area (Å²) in [5, 5.41) is 1.25. The second-order valence-corrected chi connectivity index (χ2v) is 6.25. The minimum Gasteiger partial charge on any atom is -0.286 e. The highest BCUT2D eigenvalue weighted by Gasteiger charge is 2.20. The van der Waals surface area contributed by atoms with Crippen LogP contribution in [0.1, 0.15) is 11.5 Å². The summed E-state index contributed by atoms with van der Waals surface area (Å²) in [4.78, 5) is 0. The van der Waals surface area contributed by atoms with E-state index in [1.54, 1.807) is 12.1 Å². The van der Waals surface area contributed by atoms with Crippen molar-refractivity contribution in [1.29, 1.82) is 0 Å². The summed E-state index contributed by atoms with van der Waals surface area (Å²) >= 11 is 14.9. The molecule has 0 spiro atoms. The molecule has 7 heteroatoms. The molecule has 0 aliphatic carbocycles. The molecular weight excluding hydrogens is 339 g/mol. The van der Waals surface area contributed by atoms with Gasteiger partial charge in [-0.05, 0) is 17.7 Å². The molecule has 1 unspecified atom stereocenters. The average molecular weight is 348 g/mol. The summed E-state index contributed by atoms with van der Waals surface area (Å²) < 4.78 is 30.4. The topological polar surface area (TPSA) is 54.4 Å². The monoisotopic (exact) mass is 346 g/mol. The molecule has 1 aromatic rings. The molecule has 0 heterocycles. The molecule has 1 aromatic carbocycles. The highest BCUT2D eigenvalue weighted by molar-refractivity contribution is 9.09. The van der Waals surface area contributed by atoms with E-state index in [4.69, 9.17) is 27.8 Å². The number of halogens is 3. The van der Waals surface area contributed by atoms with Crippen molar-refractivity contribution in [3.8, 4) is 0 Å². The van der Waals surface area contributed by atoms with Crippen LogP contribution >= 0.6 is 39.1 Å². The fourth-order valence-corrected chi connectivity index (χ4v) is 3.55. The fourth-order valence-electron chi connectivity index (χ4n) is 1.30. The van der Waals surface area contributed by atoms with Gasteiger partial charge in [0.05, 0.1) is 5.75 Å². The highest BCUT2D eigenvalue weighted by Crippen LogP contribution is 2.29. The summed E-state index contributed by atoms with van der Waals surface area (Å²) in [6, 6.07) is 4.82. The van der Waals surface area contributed by atoms with E-state index in [0.717, 1.165) is 0 Å². The predicted octanol–water partition coefficient (Wildman–Crippen LogP) is 3.36. The summed E-state index contributed by atoms with van der Waals surface area (Å²) in [5.74, 6) is -0.778. The molecule has 0 amide bonds. The summed E-state index contributed by atoms with van der Waals surface area (Å²) in [7, 11) is -4.03. The fraction of sp³-hybridized carbons (Fsp3) is 0.333. The lowest BCUT2D eigenvalue weighted by Gasteiger charge is -2.14. The third kappa shape index (κ3) is 4.22. The first kappa shape index (κ1) is 14.3. The van der Waals surface area contributed by atoms with Crippen molar-refractivity contribution in [2.75, 3.05) is 11.1 Å². The molecule has 0 saturated carbocycles. The number of alkyl halides is 1. The van der Waals surface area contributed by atoms with Crippen LogP contribution in [0.3, 0.4) is 0 Å². The molecule has 0 radical (unpaired) electrons. The van der Waals surface area contributed by atoms with Crippen LogP contribution in [0, 0.1) is 0 Å². The molecule has 0 bridgehead atoms. The Morgan fingerprint density at radius 3 is 2.44 bits per heavy atom. The van der Waals surface area contributed by atoms with E-state index in [-0.39, 0.29) is 5.75 Å². The van der Waals surface area contributed by atoms with Crippen molar-refractivity contribution in [3.05, 3.63) is 33.8 Å². The molecule has 1 atom stereocenters. The van der Waals surface area contributed by atoms with Gasteiger partial charge in [0.2, 0.25) is 0 Å². The van der Waals surface area contributed by atoms with E-state index in [1.807, 2.05) is 0 Å². The lowest BCUT2D eigenvalue weighted by molar-refractivity contribution is 0.479. The predicted molar refractivity (Wildman–Crippen MR) is 69.4 cm³/mol. The molecular formula is C9H9BrCl2O3S. The van der Waals surface area contributed by atoms with Gasteiger partial charge < -0.3 is 0 Å². The summed E-state index contributed by atoms with van der Waals surface area (Å²) in [6.45, 7) is 0. The van der Waals surface area contributed by atoms with E-state index < -0.39 is 16.0 Å². The van der Waals surface area contributed by atoms with Gasteiger partial charge in [-0.3, -0.25) is 4.55 Å². The van der Waals surface area contributed by atoms with Gasteiger partial charge in [-0.15, -0.1) is 0 Å². The molecule has 16 heavy (non-hydrogen) atoms.